The standard InChI is InChI=1S/C17H14Cl2N4O3S/c1-2-11-9-15(24)22-17(20-11)10-4-3-5-12(8-10)23-27(25,26)13-6-7-14(18)21-16(13)19/h3-9,23H,2H2,1H3,(H,20,22,24). The minimum absolute atomic E-state index is 0.0896. The van der Waals surface area contributed by atoms with Gasteiger partial charge in [-0.05, 0) is 30.7 Å². The number of hydrogen-bond donors (Lipinski definition) is 2. The van der Waals surface area contributed by atoms with Gasteiger partial charge in [0, 0.05) is 23.0 Å². The summed E-state index contributed by atoms with van der Waals surface area (Å²) in [5, 5.41) is -0.139. The van der Waals surface area contributed by atoms with Gasteiger partial charge < -0.3 is 4.98 Å². The maximum absolute atomic E-state index is 12.6. The summed E-state index contributed by atoms with van der Waals surface area (Å²) in [7, 11) is -3.98. The number of anilines is 1. The zero-order chi connectivity index (χ0) is 19.6. The number of nitrogens with zero attached hydrogens (tertiary/aromatic N) is 2. The van der Waals surface area contributed by atoms with Crippen LogP contribution in [0, 0.1) is 0 Å². The van der Waals surface area contributed by atoms with Crippen LogP contribution in [0.1, 0.15) is 12.6 Å². The second-order valence-corrected chi connectivity index (χ2v) is 7.94. The number of aryl methyl sites for hydroxylation is 1. The molecular formula is C17H14Cl2N4O3S. The predicted octanol–water partition coefficient (Wildman–Crippen LogP) is 3.50. The predicted molar refractivity (Wildman–Crippen MR) is 105 cm³/mol. The zero-order valence-corrected chi connectivity index (χ0v) is 16.4. The molecule has 0 saturated heterocycles. The summed E-state index contributed by atoms with van der Waals surface area (Å²) in [4.78, 5) is 22.3. The third-order valence-corrected chi connectivity index (χ3v) is 5.64. The van der Waals surface area contributed by atoms with E-state index in [9.17, 15) is 13.2 Å². The molecule has 10 heteroatoms. The molecule has 7 nitrogen and oxygen atoms in total. The van der Waals surface area contributed by atoms with Crippen LogP contribution < -0.4 is 10.3 Å². The molecule has 0 bridgehead atoms. The van der Waals surface area contributed by atoms with Crippen LogP contribution in [0.15, 0.2) is 52.2 Å². The van der Waals surface area contributed by atoms with Crippen molar-refractivity contribution in [3.63, 3.8) is 0 Å². The first kappa shape index (κ1) is 19.3. The number of sulfonamides is 1. The molecule has 0 radical (unpaired) electrons. The number of halogens is 2. The minimum Gasteiger partial charge on any atom is -0.307 e. The van der Waals surface area contributed by atoms with Gasteiger partial charge in [0.25, 0.3) is 15.6 Å². The zero-order valence-electron chi connectivity index (χ0n) is 14.0. The summed E-state index contributed by atoms with van der Waals surface area (Å²) in [6.45, 7) is 1.89. The van der Waals surface area contributed by atoms with E-state index in [0.717, 1.165) is 0 Å². The number of nitrogens with one attached hydrogen (secondary N) is 2. The van der Waals surface area contributed by atoms with Crippen LogP contribution in [0.25, 0.3) is 11.4 Å². The molecule has 0 aliphatic rings. The van der Waals surface area contributed by atoms with Crippen molar-refractivity contribution in [1.82, 2.24) is 15.0 Å². The SMILES string of the molecule is CCc1cc(=O)[nH]c(-c2cccc(NS(=O)(=O)c3ccc(Cl)nc3Cl)c2)n1. The molecule has 3 rings (SSSR count). The van der Waals surface area contributed by atoms with E-state index in [2.05, 4.69) is 19.7 Å². The molecule has 0 aliphatic carbocycles. The molecule has 0 fully saturated rings. The molecule has 0 atom stereocenters. The molecule has 1 aromatic carbocycles. The minimum atomic E-state index is -3.98. The molecule has 3 aromatic rings. The van der Waals surface area contributed by atoms with Crippen molar-refractivity contribution in [3.05, 3.63) is 68.8 Å². The van der Waals surface area contributed by atoms with E-state index in [-0.39, 0.29) is 26.4 Å². The molecule has 2 aromatic heterocycles. The van der Waals surface area contributed by atoms with Crippen molar-refractivity contribution in [1.29, 1.82) is 0 Å². The van der Waals surface area contributed by atoms with E-state index < -0.39 is 10.0 Å². The molecule has 2 heterocycles. The van der Waals surface area contributed by atoms with E-state index in [1.807, 2.05) is 6.92 Å². The molecule has 0 saturated carbocycles. The molecular weight excluding hydrogens is 411 g/mol. The van der Waals surface area contributed by atoms with Gasteiger partial charge in [-0.25, -0.2) is 18.4 Å². The molecule has 2 N–H and O–H groups in total. The fourth-order valence-electron chi connectivity index (χ4n) is 2.37. The Morgan fingerprint density at radius 2 is 1.89 bits per heavy atom. The Labute approximate surface area is 165 Å². The van der Waals surface area contributed by atoms with Gasteiger partial charge in [-0.2, -0.15) is 0 Å². The average molecular weight is 425 g/mol. The highest BCUT2D eigenvalue weighted by Crippen LogP contribution is 2.25. The van der Waals surface area contributed by atoms with Crippen LogP contribution >= 0.6 is 23.2 Å². The molecule has 0 amide bonds. The highest BCUT2D eigenvalue weighted by Gasteiger charge is 2.19. The number of benzene rings is 1. The maximum atomic E-state index is 12.6. The monoisotopic (exact) mass is 424 g/mol. The summed E-state index contributed by atoms with van der Waals surface area (Å²) in [5.74, 6) is 0.353. The summed E-state index contributed by atoms with van der Waals surface area (Å²) in [6, 6.07) is 10.5. The van der Waals surface area contributed by atoms with Crippen molar-refractivity contribution in [2.45, 2.75) is 18.2 Å². The Kier molecular flexibility index (Phi) is 5.50. The van der Waals surface area contributed by atoms with Gasteiger partial charge in [0.15, 0.2) is 5.15 Å². The van der Waals surface area contributed by atoms with Gasteiger partial charge in [-0.3, -0.25) is 9.52 Å². The van der Waals surface area contributed by atoms with Crippen molar-refractivity contribution in [2.24, 2.45) is 0 Å². The highest BCUT2D eigenvalue weighted by atomic mass is 35.5. The maximum Gasteiger partial charge on any atom is 0.264 e. The number of aromatic nitrogens is 3. The van der Waals surface area contributed by atoms with Crippen LogP contribution in [0.3, 0.4) is 0 Å². The summed E-state index contributed by atoms with van der Waals surface area (Å²) in [5.41, 5.74) is 1.20. The van der Waals surface area contributed by atoms with Gasteiger partial charge in [0.05, 0.1) is 0 Å². The first-order chi connectivity index (χ1) is 12.8. The Hall–Kier alpha value is -2.42. The topological polar surface area (TPSA) is 105 Å². The lowest BCUT2D eigenvalue weighted by molar-refractivity contribution is 0.601. The summed E-state index contributed by atoms with van der Waals surface area (Å²) in [6.07, 6.45) is 0.602. The number of aromatic amines is 1. The van der Waals surface area contributed by atoms with Crippen LogP contribution in [-0.4, -0.2) is 23.4 Å². The van der Waals surface area contributed by atoms with E-state index in [0.29, 0.717) is 23.5 Å². The normalized spacial score (nSPS) is 11.4. The van der Waals surface area contributed by atoms with Crippen LogP contribution in [0.5, 0.6) is 0 Å². The van der Waals surface area contributed by atoms with E-state index in [4.69, 9.17) is 23.2 Å². The van der Waals surface area contributed by atoms with Crippen molar-refractivity contribution in [3.8, 4) is 11.4 Å². The quantitative estimate of drug-likeness (QED) is 0.609. The lowest BCUT2D eigenvalue weighted by atomic mass is 10.2. The lowest BCUT2D eigenvalue weighted by Crippen LogP contribution is -2.14. The summed E-state index contributed by atoms with van der Waals surface area (Å²) >= 11 is 11.6. The molecule has 140 valence electrons. The van der Waals surface area contributed by atoms with Crippen LogP contribution in [0.4, 0.5) is 5.69 Å². The first-order valence-electron chi connectivity index (χ1n) is 7.84. The van der Waals surface area contributed by atoms with Gasteiger partial charge in [0.1, 0.15) is 15.9 Å². The van der Waals surface area contributed by atoms with E-state index in [1.54, 1.807) is 24.3 Å². The average Bonchev–Trinajstić information content (AvgIpc) is 2.60. The summed E-state index contributed by atoms with van der Waals surface area (Å²) < 4.78 is 27.6. The Morgan fingerprint density at radius 3 is 2.59 bits per heavy atom. The largest absolute Gasteiger partial charge is 0.307 e. The Balaban J connectivity index is 1.96. The van der Waals surface area contributed by atoms with Crippen molar-refractivity contribution in [2.75, 3.05) is 4.72 Å². The molecule has 0 spiro atoms. The van der Waals surface area contributed by atoms with E-state index >= 15 is 0 Å². The fourth-order valence-corrected chi connectivity index (χ4v) is 4.08. The number of rotatable bonds is 5. The van der Waals surface area contributed by atoms with Gasteiger partial charge in [-0.15, -0.1) is 0 Å². The molecule has 0 unspecified atom stereocenters. The highest BCUT2D eigenvalue weighted by molar-refractivity contribution is 7.92. The van der Waals surface area contributed by atoms with E-state index in [1.165, 1.54) is 18.2 Å². The van der Waals surface area contributed by atoms with Gasteiger partial charge >= 0.3 is 0 Å². The van der Waals surface area contributed by atoms with Gasteiger partial charge in [0.2, 0.25) is 0 Å². The smallest absolute Gasteiger partial charge is 0.264 e. The Bertz CT molecular complexity index is 1160. The van der Waals surface area contributed by atoms with Gasteiger partial charge in [-0.1, -0.05) is 42.3 Å². The number of pyridine rings is 1. The fraction of sp³-hybridized carbons (Fsp3) is 0.118. The Morgan fingerprint density at radius 1 is 1.11 bits per heavy atom. The lowest BCUT2D eigenvalue weighted by Gasteiger charge is -2.10. The first-order valence-corrected chi connectivity index (χ1v) is 10.1. The molecule has 27 heavy (non-hydrogen) atoms. The number of H-pyrrole nitrogens is 1. The van der Waals surface area contributed by atoms with Crippen molar-refractivity contribution >= 4 is 38.9 Å². The van der Waals surface area contributed by atoms with Crippen LogP contribution in [0.2, 0.25) is 10.3 Å². The third-order valence-electron chi connectivity index (χ3n) is 3.62. The van der Waals surface area contributed by atoms with Crippen LogP contribution in [-0.2, 0) is 16.4 Å². The molecule has 0 aliphatic heterocycles. The third kappa shape index (κ3) is 4.47. The van der Waals surface area contributed by atoms with Crippen molar-refractivity contribution < 1.29 is 8.42 Å². The number of hydrogen-bond acceptors (Lipinski definition) is 5. The second kappa shape index (κ2) is 7.67. The second-order valence-electron chi connectivity index (χ2n) is 5.55.